The lowest BCUT2D eigenvalue weighted by Crippen LogP contribution is -2.70. The van der Waals surface area contributed by atoms with Crippen LogP contribution in [0.3, 0.4) is 0 Å². The Morgan fingerprint density at radius 2 is 1.93 bits per heavy atom. The van der Waals surface area contributed by atoms with Gasteiger partial charge in [-0.05, 0) is 44.2 Å². The van der Waals surface area contributed by atoms with Gasteiger partial charge in [-0.25, -0.2) is 4.39 Å². The second kappa shape index (κ2) is 7.81. The molecular weight excluding hydrogens is 398 g/mol. The number of amides is 2. The zero-order valence-corrected chi connectivity index (χ0v) is 16.1. The smallest absolute Gasteiger partial charge is 0.258 e. The van der Waals surface area contributed by atoms with Crippen LogP contribution in [0, 0.1) is 5.82 Å². The minimum atomic E-state index is -0.785. The standard InChI is InChI=1S/C18H21Cl2FN2O4/c19-9-15(25)22-17-3-5-18(6-4-17,14(24)8-17)23-16(26)10-27-11-1-2-12(20)13(21)7-11/h1-2,7,14,24H,3-6,8-10H2,(H,22,25)(H,23,26)/t14-,17?,18?/m1/s1. The number of ether oxygens (including phenoxy) is 1. The SMILES string of the molecule is O=C(CCl)NC12CCC(NC(=O)COc3ccc(Cl)c(F)c3)(CC1)[C@H](O)C2. The molecule has 0 radical (unpaired) electrons. The predicted molar refractivity (Wildman–Crippen MR) is 98.5 cm³/mol. The number of hydrogen-bond donors (Lipinski definition) is 3. The molecule has 0 heterocycles. The van der Waals surface area contributed by atoms with Gasteiger partial charge >= 0.3 is 0 Å². The van der Waals surface area contributed by atoms with Crippen LogP contribution in [0.4, 0.5) is 4.39 Å². The molecule has 27 heavy (non-hydrogen) atoms. The fourth-order valence-electron chi connectivity index (χ4n) is 4.02. The molecule has 1 aromatic rings. The van der Waals surface area contributed by atoms with Crippen molar-refractivity contribution in [2.24, 2.45) is 0 Å². The molecule has 0 unspecified atom stereocenters. The molecule has 3 fully saturated rings. The van der Waals surface area contributed by atoms with Crippen molar-refractivity contribution in [1.82, 2.24) is 10.6 Å². The lowest BCUT2D eigenvalue weighted by Gasteiger charge is -2.56. The maximum Gasteiger partial charge on any atom is 0.258 e. The van der Waals surface area contributed by atoms with Crippen molar-refractivity contribution in [1.29, 1.82) is 0 Å². The summed E-state index contributed by atoms with van der Waals surface area (Å²) in [7, 11) is 0. The highest BCUT2D eigenvalue weighted by molar-refractivity contribution is 6.30. The normalized spacial score (nSPS) is 29.3. The molecule has 0 saturated heterocycles. The van der Waals surface area contributed by atoms with E-state index in [0.717, 1.165) is 6.07 Å². The van der Waals surface area contributed by atoms with Gasteiger partial charge in [0.1, 0.15) is 17.4 Å². The number of carbonyl (C=O) groups excluding carboxylic acids is 2. The minimum absolute atomic E-state index is 0.0250. The molecule has 0 aliphatic heterocycles. The molecule has 2 bridgehead atoms. The van der Waals surface area contributed by atoms with E-state index in [4.69, 9.17) is 27.9 Å². The number of benzene rings is 1. The number of carbonyl (C=O) groups is 2. The van der Waals surface area contributed by atoms with E-state index in [9.17, 15) is 19.1 Å². The molecule has 3 aliphatic rings. The molecular formula is C18H21Cl2FN2O4. The first-order valence-electron chi connectivity index (χ1n) is 8.71. The van der Waals surface area contributed by atoms with Crippen molar-refractivity contribution in [2.75, 3.05) is 12.5 Å². The fraction of sp³-hybridized carbons (Fsp3) is 0.556. The Bertz CT molecular complexity index is 738. The van der Waals surface area contributed by atoms with Crippen LogP contribution in [0.25, 0.3) is 0 Å². The maximum atomic E-state index is 13.4. The number of rotatable bonds is 6. The van der Waals surface area contributed by atoms with Crippen molar-refractivity contribution in [3.05, 3.63) is 29.0 Å². The van der Waals surface area contributed by atoms with E-state index < -0.39 is 28.9 Å². The van der Waals surface area contributed by atoms with Crippen molar-refractivity contribution >= 4 is 35.0 Å². The summed E-state index contributed by atoms with van der Waals surface area (Å²) in [5.41, 5.74) is -1.20. The van der Waals surface area contributed by atoms with E-state index in [1.807, 2.05) is 0 Å². The second-order valence-electron chi connectivity index (χ2n) is 7.25. The van der Waals surface area contributed by atoms with Crippen LogP contribution >= 0.6 is 23.2 Å². The second-order valence-corrected chi connectivity index (χ2v) is 7.93. The highest BCUT2D eigenvalue weighted by Crippen LogP contribution is 2.47. The Morgan fingerprint density at radius 1 is 1.22 bits per heavy atom. The number of aliphatic hydroxyl groups excluding tert-OH is 1. The topological polar surface area (TPSA) is 87.7 Å². The third-order valence-corrected chi connectivity index (χ3v) is 6.05. The van der Waals surface area contributed by atoms with E-state index in [0.29, 0.717) is 32.1 Å². The van der Waals surface area contributed by atoms with Crippen LogP contribution in [-0.4, -0.2) is 46.6 Å². The summed E-state index contributed by atoms with van der Waals surface area (Å²) in [6.07, 6.45) is 1.95. The number of fused-ring (bicyclic) bond motifs is 3. The van der Waals surface area contributed by atoms with E-state index in [-0.39, 0.29) is 29.2 Å². The van der Waals surface area contributed by atoms with Crippen LogP contribution < -0.4 is 15.4 Å². The van der Waals surface area contributed by atoms with Gasteiger partial charge in [-0.15, -0.1) is 11.6 Å². The van der Waals surface area contributed by atoms with E-state index in [2.05, 4.69) is 10.6 Å². The number of halogens is 3. The summed E-state index contributed by atoms with van der Waals surface area (Å²) in [6.45, 7) is -0.302. The average Bonchev–Trinajstić information content (AvgIpc) is 2.64. The van der Waals surface area contributed by atoms with Crippen molar-refractivity contribution in [3.8, 4) is 5.75 Å². The third kappa shape index (κ3) is 4.31. The van der Waals surface area contributed by atoms with Gasteiger partial charge in [0.05, 0.1) is 16.7 Å². The van der Waals surface area contributed by atoms with Gasteiger partial charge < -0.3 is 20.5 Å². The summed E-state index contributed by atoms with van der Waals surface area (Å²) in [5.74, 6) is -1.21. The molecule has 3 saturated carbocycles. The van der Waals surface area contributed by atoms with Crippen molar-refractivity contribution < 1.29 is 23.8 Å². The molecule has 3 N–H and O–H groups in total. The largest absolute Gasteiger partial charge is 0.484 e. The number of hydrogen-bond acceptors (Lipinski definition) is 4. The van der Waals surface area contributed by atoms with Gasteiger partial charge in [-0.3, -0.25) is 9.59 Å². The number of nitrogens with one attached hydrogen (secondary N) is 2. The Balaban J connectivity index is 1.57. The highest BCUT2D eigenvalue weighted by atomic mass is 35.5. The molecule has 148 valence electrons. The first kappa shape index (κ1) is 20.2. The third-order valence-electron chi connectivity index (χ3n) is 5.50. The maximum absolute atomic E-state index is 13.4. The molecule has 6 nitrogen and oxygen atoms in total. The Kier molecular flexibility index (Phi) is 5.84. The summed E-state index contributed by atoms with van der Waals surface area (Å²) < 4.78 is 18.7. The molecule has 1 aromatic carbocycles. The monoisotopic (exact) mass is 418 g/mol. The number of alkyl halides is 1. The van der Waals surface area contributed by atoms with Crippen molar-refractivity contribution in [2.45, 2.75) is 49.3 Å². The first-order chi connectivity index (χ1) is 12.8. The average molecular weight is 419 g/mol. The highest BCUT2D eigenvalue weighted by Gasteiger charge is 2.55. The predicted octanol–water partition coefficient (Wildman–Crippen LogP) is 2.15. The molecule has 2 amide bonds. The summed E-state index contributed by atoms with van der Waals surface area (Å²) in [6, 6.07) is 3.93. The van der Waals surface area contributed by atoms with Gasteiger partial charge in [0.25, 0.3) is 5.91 Å². The first-order valence-corrected chi connectivity index (χ1v) is 9.63. The van der Waals surface area contributed by atoms with Gasteiger partial charge in [0, 0.05) is 11.6 Å². The Labute approximate surface area is 166 Å². The molecule has 0 aromatic heterocycles. The van der Waals surface area contributed by atoms with Crippen LogP contribution in [-0.2, 0) is 9.59 Å². The van der Waals surface area contributed by atoms with Crippen LogP contribution in [0.1, 0.15) is 32.1 Å². The van der Waals surface area contributed by atoms with E-state index in [1.54, 1.807) is 0 Å². The van der Waals surface area contributed by atoms with Crippen LogP contribution in [0.5, 0.6) is 5.75 Å². The summed E-state index contributed by atoms with van der Waals surface area (Å²) >= 11 is 11.2. The van der Waals surface area contributed by atoms with Gasteiger partial charge in [0.2, 0.25) is 5.91 Å². The van der Waals surface area contributed by atoms with Crippen molar-refractivity contribution in [3.63, 3.8) is 0 Å². The molecule has 3 aliphatic carbocycles. The fourth-order valence-corrected chi connectivity index (χ4v) is 4.20. The molecule has 1 atom stereocenters. The molecule has 9 heteroatoms. The molecule has 4 rings (SSSR count). The Morgan fingerprint density at radius 3 is 2.52 bits per heavy atom. The van der Waals surface area contributed by atoms with Crippen LogP contribution in [0.2, 0.25) is 5.02 Å². The van der Waals surface area contributed by atoms with Gasteiger partial charge in [0.15, 0.2) is 6.61 Å². The van der Waals surface area contributed by atoms with Crippen LogP contribution in [0.15, 0.2) is 18.2 Å². The zero-order chi connectivity index (χ0) is 19.7. The van der Waals surface area contributed by atoms with E-state index in [1.165, 1.54) is 12.1 Å². The lowest BCUT2D eigenvalue weighted by atomic mass is 9.60. The van der Waals surface area contributed by atoms with Gasteiger partial charge in [-0.2, -0.15) is 0 Å². The zero-order valence-electron chi connectivity index (χ0n) is 14.6. The van der Waals surface area contributed by atoms with E-state index >= 15 is 0 Å². The summed E-state index contributed by atoms with van der Waals surface area (Å²) in [5, 5.41) is 16.4. The minimum Gasteiger partial charge on any atom is -0.484 e. The summed E-state index contributed by atoms with van der Waals surface area (Å²) in [4.78, 5) is 24.0. The molecule has 0 spiro atoms. The quantitative estimate of drug-likeness (QED) is 0.617. The number of aliphatic hydroxyl groups is 1. The Hall–Kier alpha value is -1.57. The lowest BCUT2D eigenvalue weighted by molar-refractivity contribution is -0.135. The van der Waals surface area contributed by atoms with Gasteiger partial charge in [-0.1, -0.05) is 11.6 Å².